The lowest BCUT2D eigenvalue weighted by Gasteiger charge is -2.42. The van der Waals surface area contributed by atoms with Crippen molar-refractivity contribution in [2.75, 3.05) is 0 Å². The van der Waals surface area contributed by atoms with E-state index < -0.39 is 0 Å². The van der Waals surface area contributed by atoms with Gasteiger partial charge in [-0.3, -0.25) is 0 Å². The lowest BCUT2D eigenvalue weighted by atomic mass is 9.63. The molecule has 1 rings (SSSR count). The van der Waals surface area contributed by atoms with Crippen LogP contribution >= 0.6 is 0 Å². The Hall–Kier alpha value is -0.260. The highest BCUT2D eigenvalue weighted by Gasteiger charge is 2.35. The van der Waals surface area contributed by atoms with Crippen LogP contribution in [0.5, 0.6) is 0 Å². The smallest absolute Gasteiger partial charge is 0.0268 e. The summed E-state index contributed by atoms with van der Waals surface area (Å²) in [5.74, 6) is 0. The van der Waals surface area contributed by atoms with Gasteiger partial charge in [-0.1, -0.05) is 46.3 Å². The molecule has 0 heteroatoms. The minimum Gasteiger partial charge on any atom is -0.0856 e. The average molecular weight is 180 g/mol. The molecule has 1 fully saturated rings. The summed E-state index contributed by atoms with van der Waals surface area (Å²) in [6.45, 7) is 11.8. The van der Waals surface area contributed by atoms with Gasteiger partial charge in [-0.25, -0.2) is 0 Å². The number of hydrogen-bond donors (Lipinski definition) is 0. The molecule has 0 bridgehead atoms. The fourth-order valence-electron chi connectivity index (χ4n) is 3.15. The summed E-state index contributed by atoms with van der Waals surface area (Å²) in [7, 11) is 0. The van der Waals surface area contributed by atoms with Crippen LogP contribution in [-0.2, 0) is 0 Å². The largest absolute Gasteiger partial charge is 0.0856 e. The van der Waals surface area contributed by atoms with Crippen molar-refractivity contribution in [1.82, 2.24) is 0 Å². The Kier molecular flexibility index (Phi) is 2.89. The molecule has 0 aromatic rings. The second kappa shape index (κ2) is 3.48. The van der Waals surface area contributed by atoms with Gasteiger partial charge in [-0.2, -0.15) is 0 Å². The van der Waals surface area contributed by atoms with Crippen molar-refractivity contribution >= 4 is 0 Å². The van der Waals surface area contributed by atoms with Crippen molar-refractivity contribution in [1.29, 1.82) is 0 Å². The topological polar surface area (TPSA) is 0 Å². The van der Waals surface area contributed by atoms with Crippen molar-refractivity contribution in [2.24, 2.45) is 10.8 Å². The predicted molar refractivity (Wildman–Crippen MR) is 59.8 cm³/mol. The number of allylic oxidation sites excluding steroid dienone is 2. The van der Waals surface area contributed by atoms with Crippen LogP contribution in [0, 0.1) is 10.8 Å². The monoisotopic (exact) mass is 180 g/mol. The molecule has 13 heavy (non-hydrogen) atoms. The molecule has 76 valence electrons. The third-order valence-electron chi connectivity index (χ3n) is 2.86. The number of rotatable bonds is 1. The zero-order valence-electron chi connectivity index (χ0n) is 9.91. The molecular weight excluding hydrogens is 156 g/mol. The first-order chi connectivity index (χ1) is 5.85. The molecule has 1 saturated carbocycles. The zero-order valence-corrected chi connectivity index (χ0v) is 9.91. The Balaban J connectivity index is 2.78. The molecule has 0 spiro atoms. The van der Waals surface area contributed by atoms with E-state index in [1.54, 1.807) is 5.57 Å². The fraction of sp³-hybridized carbons (Fsp3) is 0.846. The van der Waals surface area contributed by atoms with Crippen molar-refractivity contribution in [2.45, 2.75) is 60.3 Å². The van der Waals surface area contributed by atoms with Crippen LogP contribution in [0.2, 0.25) is 0 Å². The van der Waals surface area contributed by atoms with Crippen molar-refractivity contribution < 1.29 is 0 Å². The molecule has 0 radical (unpaired) electrons. The van der Waals surface area contributed by atoms with Gasteiger partial charge >= 0.3 is 0 Å². The van der Waals surface area contributed by atoms with Gasteiger partial charge in [0.2, 0.25) is 0 Å². The summed E-state index contributed by atoms with van der Waals surface area (Å²) >= 11 is 0. The standard InChI is InChI=1S/C13H24/c1-6-7-11-8-12(2,3)10-13(4,5)9-11/h7H,6,8-10H2,1-5H3. The van der Waals surface area contributed by atoms with Gasteiger partial charge in [0.15, 0.2) is 0 Å². The Morgan fingerprint density at radius 1 is 1.08 bits per heavy atom. The lowest BCUT2D eigenvalue weighted by Crippen LogP contribution is -2.29. The molecule has 0 nitrogen and oxygen atoms in total. The predicted octanol–water partition coefficient (Wildman–Crippen LogP) is 4.56. The Morgan fingerprint density at radius 3 is 1.92 bits per heavy atom. The second-order valence-electron chi connectivity index (χ2n) is 6.13. The van der Waals surface area contributed by atoms with Gasteiger partial charge in [0.25, 0.3) is 0 Å². The third kappa shape index (κ3) is 3.17. The molecule has 0 heterocycles. The maximum Gasteiger partial charge on any atom is -0.0268 e. The van der Waals surface area contributed by atoms with Crippen molar-refractivity contribution in [3.05, 3.63) is 11.6 Å². The minimum atomic E-state index is 0.517. The molecule has 0 N–H and O–H groups in total. The van der Waals surface area contributed by atoms with Gasteiger partial charge in [-0.05, 0) is 36.5 Å². The Morgan fingerprint density at radius 2 is 1.54 bits per heavy atom. The summed E-state index contributed by atoms with van der Waals surface area (Å²) in [5.41, 5.74) is 2.72. The van der Waals surface area contributed by atoms with Gasteiger partial charge in [0.1, 0.15) is 0 Å². The van der Waals surface area contributed by atoms with E-state index in [0.29, 0.717) is 10.8 Å². The SMILES string of the molecule is CCC=C1CC(C)(C)CC(C)(C)C1. The molecule has 1 aliphatic rings. The Labute approximate surface area is 83.4 Å². The molecule has 1 aliphatic carbocycles. The minimum absolute atomic E-state index is 0.517. The van der Waals surface area contributed by atoms with Crippen LogP contribution in [0.3, 0.4) is 0 Å². The summed E-state index contributed by atoms with van der Waals surface area (Å²) in [5, 5.41) is 0. The number of hydrogen-bond acceptors (Lipinski definition) is 0. The van der Waals surface area contributed by atoms with E-state index in [-0.39, 0.29) is 0 Å². The lowest BCUT2D eigenvalue weighted by molar-refractivity contribution is 0.153. The second-order valence-corrected chi connectivity index (χ2v) is 6.13. The van der Waals surface area contributed by atoms with Crippen LogP contribution in [0.25, 0.3) is 0 Å². The maximum absolute atomic E-state index is 2.43. The average Bonchev–Trinajstić information content (AvgIpc) is 1.78. The highest BCUT2D eigenvalue weighted by atomic mass is 14.4. The van der Waals surface area contributed by atoms with E-state index in [1.807, 2.05) is 0 Å². The van der Waals surface area contributed by atoms with Crippen LogP contribution in [0.4, 0.5) is 0 Å². The van der Waals surface area contributed by atoms with E-state index in [4.69, 9.17) is 0 Å². The summed E-state index contributed by atoms with van der Waals surface area (Å²) < 4.78 is 0. The van der Waals surface area contributed by atoms with E-state index in [9.17, 15) is 0 Å². The fourth-order valence-corrected chi connectivity index (χ4v) is 3.15. The third-order valence-corrected chi connectivity index (χ3v) is 2.86. The quantitative estimate of drug-likeness (QED) is 0.519. The molecule has 0 unspecified atom stereocenters. The van der Waals surface area contributed by atoms with E-state index in [1.165, 1.54) is 25.7 Å². The van der Waals surface area contributed by atoms with Crippen LogP contribution in [0.15, 0.2) is 11.6 Å². The first-order valence-electron chi connectivity index (χ1n) is 5.53. The molecule has 0 amide bonds. The molecule has 0 atom stereocenters. The normalized spacial score (nSPS) is 25.8. The molecule has 0 saturated heterocycles. The van der Waals surface area contributed by atoms with Gasteiger partial charge in [0.05, 0.1) is 0 Å². The van der Waals surface area contributed by atoms with Crippen LogP contribution in [0.1, 0.15) is 60.3 Å². The van der Waals surface area contributed by atoms with Crippen LogP contribution < -0.4 is 0 Å². The van der Waals surface area contributed by atoms with Gasteiger partial charge in [0, 0.05) is 0 Å². The first-order valence-corrected chi connectivity index (χ1v) is 5.53. The zero-order chi connectivity index (χ0) is 10.1. The molecule has 0 aromatic heterocycles. The molecular formula is C13H24. The molecule has 0 aliphatic heterocycles. The highest BCUT2D eigenvalue weighted by Crippen LogP contribution is 2.47. The van der Waals surface area contributed by atoms with Crippen LogP contribution in [-0.4, -0.2) is 0 Å². The summed E-state index contributed by atoms with van der Waals surface area (Å²) in [4.78, 5) is 0. The van der Waals surface area contributed by atoms with Gasteiger partial charge < -0.3 is 0 Å². The van der Waals surface area contributed by atoms with E-state index in [2.05, 4.69) is 40.7 Å². The Bertz CT molecular complexity index is 188. The summed E-state index contributed by atoms with van der Waals surface area (Å²) in [6.07, 6.45) is 7.61. The molecule has 0 aromatic carbocycles. The van der Waals surface area contributed by atoms with E-state index in [0.717, 1.165) is 0 Å². The van der Waals surface area contributed by atoms with E-state index >= 15 is 0 Å². The van der Waals surface area contributed by atoms with Crippen molar-refractivity contribution in [3.8, 4) is 0 Å². The summed E-state index contributed by atoms with van der Waals surface area (Å²) in [6, 6.07) is 0. The first kappa shape index (κ1) is 10.8. The highest BCUT2D eigenvalue weighted by molar-refractivity contribution is 5.11. The van der Waals surface area contributed by atoms with Crippen molar-refractivity contribution in [3.63, 3.8) is 0 Å². The maximum atomic E-state index is 2.43. The van der Waals surface area contributed by atoms with Gasteiger partial charge in [-0.15, -0.1) is 0 Å².